The third-order valence-electron chi connectivity index (χ3n) is 5.80. The fourth-order valence-corrected chi connectivity index (χ4v) is 4.33. The second-order valence-electron chi connectivity index (χ2n) is 7.71. The normalized spacial score (nSPS) is 17.4. The molecule has 2 aromatic rings. The Hall–Kier alpha value is -2.70. The average molecular weight is 385 g/mol. The molecule has 0 radical (unpaired) electrons. The molecule has 0 spiro atoms. The second kappa shape index (κ2) is 7.73. The van der Waals surface area contributed by atoms with Crippen molar-refractivity contribution in [2.75, 3.05) is 13.1 Å². The Morgan fingerprint density at radius 2 is 1.93 bits per heavy atom. The molecule has 0 unspecified atom stereocenters. The summed E-state index contributed by atoms with van der Waals surface area (Å²) in [6.45, 7) is 1.11. The van der Waals surface area contributed by atoms with Gasteiger partial charge in [0.25, 0.3) is 5.91 Å². The van der Waals surface area contributed by atoms with Crippen LogP contribution in [0.5, 0.6) is 0 Å². The van der Waals surface area contributed by atoms with Crippen molar-refractivity contribution >= 4 is 11.9 Å². The molecule has 1 aliphatic heterocycles. The lowest BCUT2D eigenvalue weighted by atomic mass is 9.92. The predicted octanol–water partition coefficient (Wildman–Crippen LogP) is 3.22. The first-order chi connectivity index (χ1) is 13.5. The van der Waals surface area contributed by atoms with Crippen LogP contribution in [-0.4, -0.2) is 44.8 Å². The Labute approximate surface area is 163 Å². The maximum absolute atomic E-state index is 13.7. The lowest BCUT2D eigenvalue weighted by Gasteiger charge is -2.31. The van der Waals surface area contributed by atoms with E-state index in [9.17, 15) is 14.0 Å². The Morgan fingerprint density at radius 1 is 1.18 bits per heavy atom. The van der Waals surface area contributed by atoms with Gasteiger partial charge in [0.2, 0.25) is 0 Å². The Bertz CT molecular complexity index is 900. The number of amides is 1. The van der Waals surface area contributed by atoms with E-state index in [1.807, 2.05) is 0 Å². The summed E-state index contributed by atoms with van der Waals surface area (Å²) in [5, 5.41) is 13.6. The number of carbonyl (C=O) groups excluding carboxylic acids is 1. The number of likely N-dealkylation sites (tertiary alicyclic amines) is 1. The molecule has 1 fully saturated rings. The van der Waals surface area contributed by atoms with E-state index >= 15 is 0 Å². The first-order valence-corrected chi connectivity index (χ1v) is 9.90. The van der Waals surface area contributed by atoms with E-state index in [0.717, 1.165) is 36.9 Å². The molecule has 148 valence electrons. The summed E-state index contributed by atoms with van der Waals surface area (Å²) in [5.74, 6) is -1.08. The Kier molecular flexibility index (Phi) is 5.15. The van der Waals surface area contributed by atoms with Crippen molar-refractivity contribution < 1.29 is 19.1 Å². The van der Waals surface area contributed by atoms with Crippen LogP contribution >= 0.6 is 0 Å². The molecule has 1 aromatic heterocycles. The average Bonchev–Trinajstić information content (AvgIpc) is 3.07. The zero-order valence-corrected chi connectivity index (χ0v) is 15.7. The molecule has 28 heavy (non-hydrogen) atoms. The number of aromatic nitrogens is 2. The molecule has 2 heterocycles. The number of halogens is 1. The fourth-order valence-electron chi connectivity index (χ4n) is 4.33. The van der Waals surface area contributed by atoms with Crippen LogP contribution in [0.1, 0.15) is 53.8 Å². The standard InChI is InChI=1S/C21H24FN3O3/c22-15-4-3-5-16(13-15)25-18-7-2-1-6-17(18)20(23-25)21(28)24-10-8-14(9-11-24)12-19(26)27/h3-5,13-14H,1-2,6-12H2,(H,26,27). The topological polar surface area (TPSA) is 75.4 Å². The van der Waals surface area contributed by atoms with Gasteiger partial charge >= 0.3 is 5.97 Å². The van der Waals surface area contributed by atoms with Crippen LogP contribution < -0.4 is 0 Å². The summed E-state index contributed by atoms with van der Waals surface area (Å²) in [4.78, 5) is 25.9. The van der Waals surface area contributed by atoms with Gasteiger partial charge in [-0.1, -0.05) is 6.07 Å². The predicted molar refractivity (Wildman–Crippen MR) is 101 cm³/mol. The highest BCUT2D eigenvalue weighted by atomic mass is 19.1. The number of fused-ring (bicyclic) bond motifs is 1. The molecule has 7 heteroatoms. The van der Waals surface area contributed by atoms with Gasteiger partial charge in [-0.15, -0.1) is 0 Å². The maximum Gasteiger partial charge on any atom is 0.303 e. The van der Waals surface area contributed by atoms with Crippen LogP contribution in [0.3, 0.4) is 0 Å². The number of rotatable bonds is 4. The van der Waals surface area contributed by atoms with Crippen LogP contribution in [0.4, 0.5) is 4.39 Å². The van der Waals surface area contributed by atoms with E-state index in [4.69, 9.17) is 5.11 Å². The Morgan fingerprint density at radius 3 is 2.64 bits per heavy atom. The molecule has 0 bridgehead atoms. The van der Waals surface area contributed by atoms with Crippen LogP contribution in [0.15, 0.2) is 24.3 Å². The molecular formula is C21H24FN3O3. The van der Waals surface area contributed by atoms with Crippen molar-refractivity contribution in [1.29, 1.82) is 0 Å². The summed E-state index contributed by atoms with van der Waals surface area (Å²) < 4.78 is 15.4. The van der Waals surface area contributed by atoms with E-state index in [1.54, 1.807) is 21.7 Å². The van der Waals surface area contributed by atoms with Crippen LogP contribution in [-0.2, 0) is 17.6 Å². The van der Waals surface area contributed by atoms with Crippen molar-refractivity contribution in [3.05, 3.63) is 47.0 Å². The van der Waals surface area contributed by atoms with Gasteiger partial charge in [0.1, 0.15) is 5.82 Å². The first-order valence-electron chi connectivity index (χ1n) is 9.90. The van der Waals surface area contributed by atoms with E-state index in [-0.39, 0.29) is 24.1 Å². The lowest BCUT2D eigenvalue weighted by Crippen LogP contribution is -2.39. The van der Waals surface area contributed by atoms with Crippen molar-refractivity contribution in [2.24, 2.45) is 5.92 Å². The molecule has 1 amide bonds. The molecule has 2 aliphatic rings. The highest BCUT2D eigenvalue weighted by Crippen LogP contribution is 2.29. The molecule has 6 nitrogen and oxygen atoms in total. The minimum atomic E-state index is -0.785. The molecule has 1 saturated heterocycles. The monoisotopic (exact) mass is 385 g/mol. The number of hydrogen-bond acceptors (Lipinski definition) is 3. The number of carboxylic acids is 1. The van der Waals surface area contributed by atoms with Gasteiger partial charge in [0.15, 0.2) is 5.69 Å². The number of aliphatic carboxylic acids is 1. The van der Waals surface area contributed by atoms with Crippen molar-refractivity contribution in [1.82, 2.24) is 14.7 Å². The van der Waals surface area contributed by atoms with E-state index in [0.29, 0.717) is 37.3 Å². The molecule has 1 aromatic carbocycles. The van der Waals surface area contributed by atoms with Gasteiger partial charge in [-0.3, -0.25) is 9.59 Å². The largest absolute Gasteiger partial charge is 0.481 e. The number of carboxylic acid groups (broad SMARTS) is 1. The molecule has 0 atom stereocenters. The van der Waals surface area contributed by atoms with E-state index in [1.165, 1.54) is 12.1 Å². The molecule has 1 N–H and O–H groups in total. The zero-order valence-electron chi connectivity index (χ0n) is 15.7. The third kappa shape index (κ3) is 3.66. The molecular weight excluding hydrogens is 361 g/mol. The van der Waals surface area contributed by atoms with Gasteiger partial charge in [0, 0.05) is 30.8 Å². The van der Waals surface area contributed by atoms with Gasteiger partial charge < -0.3 is 10.0 Å². The third-order valence-corrected chi connectivity index (χ3v) is 5.80. The first kappa shape index (κ1) is 18.7. The van der Waals surface area contributed by atoms with Crippen molar-refractivity contribution in [3.8, 4) is 5.69 Å². The summed E-state index contributed by atoms with van der Waals surface area (Å²) in [5.41, 5.74) is 3.09. The van der Waals surface area contributed by atoms with Crippen LogP contribution in [0, 0.1) is 11.7 Å². The second-order valence-corrected chi connectivity index (χ2v) is 7.71. The fraction of sp³-hybridized carbons (Fsp3) is 0.476. The number of hydrogen-bond donors (Lipinski definition) is 1. The number of carbonyl (C=O) groups is 2. The summed E-state index contributed by atoms with van der Waals surface area (Å²) >= 11 is 0. The molecule has 0 saturated carbocycles. The highest BCUT2D eigenvalue weighted by molar-refractivity contribution is 5.94. The smallest absolute Gasteiger partial charge is 0.303 e. The van der Waals surface area contributed by atoms with E-state index < -0.39 is 5.97 Å². The Balaban J connectivity index is 1.60. The lowest BCUT2D eigenvalue weighted by molar-refractivity contribution is -0.138. The summed E-state index contributed by atoms with van der Waals surface area (Å²) in [6, 6.07) is 6.28. The van der Waals surface area contributed by atoms with Crippen LogP contribution in [0.2, 0.25) is 0 Å². The SMILES string of the molecule is O=C(O)CC1CCN(C(=O)c2nn(-c3cccc(F)c3)c3c2CCCC3)CC1. The molecule has 4 rings (SSSR count). The minimum absolute atomic E-state index is 0.0953. The van der Waals surface area contributed by atoms with Gasteiger partial charge in [-0.25, -0.2) is 9.07 Å². The summed E-state index contributed by atoms with van der Waals surface area (Å²) in [7, 11) is 0. The summed E-state index contributed by atoms with van der Waals surface area (Å²) in [6.07, 6.45) is 5.24. The van der Waals surface area contributed by atoms with Crippen LogP contribution in [0.25, 0.3) is 5.69 Å². The van der Waals surface area contributed by atoms with Crippen molar-refractivity contribution in [3.63, 3.8) is 0 Å². The van der Waals surface area contributed by atoms with E-state index in [2.05, 4.69) is 5.10 Å². The highest BCUT2D eigenvalue weighted by Gasteiger charge is 2.31. The number of piperidine rings is 1. The maximum atomic E-state index is 13.7. The quantitative estimate of drug-likeness (QED) is 0.877. The van der Waals surface area contributed by atoms with Crippen molar-refractivity contribution in [2.45, 2.75) is 44.9 Å². The zero-order chi connectivity index (χ0) is 19.7. The van der Waals surface area contributed by atoms with Gasteiger partial charge in [-0.05, 0) is 62.6 Å². The van der Waals surface area contributed by atoms with Gasteiger partial charge in [0.05, 0.1) is 5.69 Å². The number of benzene rings is 1. The minimum Gasteiger partial charge on any atom is -0.481 e. The van der Waals surface area contributed by atoms with Gasteiger partial charge in [-0.2, -0.15) is 5.10 Å². The molecule has 1 aliphatic carbocycles. The number of nitrogens with zero attached hydrogens (tertiary/aromatic N) is 3.